The maximum Gasteiger partial charge on any atom is 0.331 e. The van der Waals surface area contributed by atoms with Gasteiger partial charge >= 0.3 is 5.97 Å². The molecule has 0 aliphatic heterocycles. The molecule has 0 saturated carbocycles. The maximum absolute atomic E-state index is 12.2. The largest absolute Gasteiger partial charge is 0.449 e. The van der Waals surface area contributed by atoms with Crippen molar-refractivity contribution in [2.24, 2.45) is 0 Å². The highest BCUT2D eigenvalue weighted by Gasteiger charge is 2.18. The van der Waals surface area contributed by atoms with Crippen molar-refractivity contribution in [2.45, 2.75) is 26.9 Å². The quantitative estimate of drug-likeness (QED) is 0.484. The number of rotatable bonds is 6. The van der Waals surface area contributed by atoms with Crippen molar-refractivity contribution in [1.29, 1.82) is 0 Å². The summed E-state index contributed by atoms with van der Waals surface area (Å²) in [5.74, 6) is -1.26. The highest BCUT2D eigenvalue weighted by Crippen LogP contribution is 2.17. The fourth-order valence-electron chi connectivity index (χ4n) is 2.09. The van der Waals surface area contributed by atoms with Gasteiger partial charge in [-0.05, 0) is 51.1 Å². The van der Waals surface area contributed by atoms with Crippen LogP contribution in [-0.2, 0) is 14.3 Å². The molecule has 0 aliphatic carbocycles. The fraction of sp³-hybridized carbons (Fsp3) is 0.211. The van der Waals surface area contributed by atoms with E-state index >= 15 is 0 Å². The Balaban J connectivity index is 1.95. The molecule has 0 fully saturated rings. The molecule has 1 aromatic carbocycles. The van der Waals surface area contributed by atoms with Crippen LogP contribution in [0.25, 0.3) is 6.08 Å². The van der Waals surface area contributed by atoms with Gasteiger partial charge in [0.15, 0.2) is 11.9 Å². The molecule has 130 valence electrons. The predicted molar refractivity (Wildman–Crippen MR) is 98.7 cm³/mol. The molecular weight excluding hydrogens is 338 g/mol. The first-order valence-electron chi connectivity index (χ1n) is 7.73. The van der Waals surface area contributed by atoms with Gasteiger partial charge in [0.05, 0.1) is 5.69 Å². The number of carbonyl (C=O) groups excluding carboxylic acids is 3. The van der Waals surface area contributed by atoms with Gasteiger partial charge in [-0.15, -0.1) is 11.3 Å². The van der Waals surface area contributed by atoms with E-state index in [1.54, 1.807) is 41.7 Å². The molecular formula is C19H19NO4S. The van der Waals surface area contributed by atoms with Crippen LogP contribution in [0.1, 0.15) is 34.0 Å². The second-order valence-corrected chi connectivity index (χ2v) is 6.77. The molecule has 0 aliphatic rings. The summed E-state index contributed by atoms with van der Waals surface area (Å²) in [4.78, 5) is 37.7. The molecule has 0 saturated heterocycles. The van der Waals surface area contributed by atoms with Gasteiger partial charge < -0.3 is 10.1 Å². The first-order chi connectivity index (χ1) is 11.9. The van der Waals surface area contributed by atoms with E-state index < -0.39 is 18.0 Å². The van der Waals surface area contributed by atoms with Crippen molar-refractivity contribution in [3.05, 3.63) is 57.8 Å². The number of amides is 1. The summed E-state index contributed by atoms with van der Waals surface area (Å²) < 4.78 is 5.10. The van der Waals surface area contributed by atoms with Crippen LogP contribution in [0.5, 0.6) is 0 Å². The van der Waals surface area contributed by atoms with Crippen molar-refractivity contribution in [3.63, 3.8) is 0 Å². The number of thiophene rings is 1. The normalized spacial score (nSPS) is 12.0. The van der Waals surface area contributed by atoms with Gasteiger partial charge in [-0.1, -0.05) is 12.1 Å². The summed E-state index contributed by atoms with van der Waals surface area (Å²) in [6.07, 6.45) is 1.95. The van der Waals surface area contributed by atoms with E-state index in [0.717, 1.165) is 9.75 Å². The number of nitrogens with one attached hydrogen (secondary N) is 1. The van der Waals surface area contributed by atoms with Crippen molar-refractivity contribution in [2.75, 3.05) is 5.32 Å². The Morgan fingerprint density at radius 1 is 1.16 bits per heavy atom. The number of hydrogen-bond donors (Lipinski definition) is 1. The van der Waals surface area contributed by atoms with E-state index in [1.807, 2.05) is 19.1 Å². The van der Waals surface area contributed by atoms with Crippen LogP contribution < -0.4 is 5.32 Å². The zero-order valence-electron chi connectivity index (χ0n) is 14.2. The minimum absolute atomic E-state index is 0.158. The SMILES string of the molecule is CC(=O)c1ccccc1NC(=O)[C@H](C)OC(=O)/C=C/c1ccc(C)s1. The molecule has 0 bridgehead atoms. The summed E-state index contributed by atoms with van der Waals surface area (Å²) >= 11 is 1.56. The average Bonchev–Trinajstić information content (AvgIpc) is 2.98. The van der Waals surface area contributed by atoms with Crippen molar-refractivity contribution < 1.29 is 19.1 Å². The first-order valence-corrected chi connectivity index (χ1v) is 8.54. The van der Waals surface area contributed by atoms with Gasteiger partial charge in [0.1, 0.15) is 0 Å². The topological polar surface area (TPSA) is 72.5 Å². The number of hydrogen-bond acceptors (Lipinski definition) is 5. The van der Waals surface area contributed by atoms with E-state index in [0.29, 0.717) is 11.3 Å². The fourth-order valence-corrected chi connectivity index (χ4v) is 2.87. The first kappa shape index (κ1) is 18.6. The lowest BCUT2D eigenvalue weighted by atomic mass is 10.1. The summed E-state index contributed by atoms with van der Waals surface area (Å²) in [7, 11) is 0. The van der Waals surface area contributed by atoms with Gasteiger partial charge in [-0.3, -0.25) is 9.59 Å². The van der Waals surface area contributed by atoms with Crippen LogP contribution in [0.3, 0.4) is 0 Å². The molecule has 1 atom stereocenters. The Morgan fingerprint density at radius 3 is 2.52 bits per heavy atom. The Kier molecular flexibility index (Phi) is 6.25. The maximum atomic E-state index is 12.2. The molecule has 6 heteroatoms. The number of Topliss-reactive ketones (excluding diaryl/α,β-unsaturated/α-hetero) is 1. The molecule has 1 aromatic heterocycles. The number of ether oxygens (including phenoxy) is 1. The monoisotopic (exact) mass is 357 g/mol. The average molecular weight is 357 g/mol. The lowest BCUT2D eigenvalue weighted by Crippen LogP contribution is -2.30. The molecule has 1 heterocycles. The van der Waals surface area contributed by atoms with Crippen LogP contribution in [0.4, 0.5) is 5.69 Å². The number of aryl methyl sites for hydroxylation is 1. The molecule has 5 nitrogen and oxygen atoms in total. The second-order valence-electron chi connectivity index (χ2n) is 5.45. The van der Waals surface area contributed by atoms with E-state index in [-0.39, 0.29) is 5.78 Å². The lowest BCUT2D eigenvalue weighted by Gasteiger charge is -2.14. The third kappa shape index (κ3) is 5.39. The van der Waals surface area contributed by atoms with Gasteiger partial charge in [0.25, 0.3) is 5.91 Å². The van der Waals surface area contributed by atoms with Crippen LogP contribution in [-0.4, -0.2) is 23.8 Å². The minimum atomic E-state index is -0.984. The third-order valence-electron chi connectivity index (χ3n) is 3.37. The molecule has 0 spiro atoms. The number of para-hydroxylation sites is 1. The minimum Gasteiger partial charge on any atom is -0.449 e. The van der Waals surface area contributed by atoms with E-state index in [4.69, 9.17) is 4.74 Å². The van der Waals surface area contributed by atoms with Crippen LogP contribution in [0.2, 0.25) is 0 Å². The molecule has 0 unspecified atom stereocenters. The zero-order valence-corrected chi connectivity index (χ0v) is 15.1. The summed E-state index contributed by atoms with van der Waals surface area (Å²) in [6.45, 7) is 4.88. The molecule has 2 rings (SSSR count). The summed E-state index contributed by atoms with van der Waals surface area (Å²) in [5.41, 5.74) is 0.801. The number of ketones is 1. The highest BCUT2D eigenvalue weighted by atomic mass is 32.1. The molecule has 1 amide bonds. The summed E-state index contributed by atoms with van der Waals surface area (Å²) in [5, 5.41) is 2.62. The van der Waals surface area contributed by atoms with Gasteiger partial charge in [-0.2, -0.15) is 0 Å². The Morgan fingerprint density at radius 2 is 1.88 bits per heavy atom. The molecule has 1 N–H and O–H groups in total. The summed E-state index contributed by atoms with van der Waals surface area (Å²) in [6, 6.07) is 10.5. The number of benzene rings is 1. The lowest BCUT2D eigenvalue weighted by molar-refractivity contribution is -0.148. The standard InChI is InChI=1S/C19H19NO4S/c1-12-8-9-15(25-12)10-11-18(22)24-14(3)19(23)20-17-7-5-4-6-16(17)13(2)21/h4-11,14H,1-3H3,(H,20,23)/b11-10+/t14-/m0/s1. The smallest absolute Gasteiger partial charge is 0.331 e. The van der Waals surface area contributed by atoms with Gasteiger partial charge in [0, 0.05) is 21.4 Å². The molecule has 25 heavy (non-hydrogen) atoms. The van der Waals surface area contributed by atoms with Gasteiger partial charge in [-0.25, -0.2) is 4.79 Å². The van der Waals surface area contributed by atoms with E-state index in [9.17, 15) is 14.4 Å². The molecule has 0 radical (unpaired) electrons. The van der Waals surface area contributed by atoms with E-state index in [2.05, 4.69) is 5.32 Å². The number of esters is 1. The second kappa shape index (κ2) is 8.39. The van der Waals surface area contributed by atoms with Crippen LogP contribution >= 0.6 is 11.3 Å². The predicted octanol–water partition coefficient (Wildman–Crippen LogP) is 3.84. The number of anilines is 1. The molecule has 2 aromatic rings. The van der Waals surface area contributed by atoms with Crippen LogP contribution in [0, 0.1) is 6.92 Å². The Hall–Kier alpha value is -2.73. The van der Waals surface area contributed by atoms with Crippen molar-refractivity contribution in [1.82, 2.24) is 0 Å². The Bertz CT molecular complexity index is 822. The van der Waals surface area contributed by atoms with E-state index in [1.165, 1.54) is 19.9 Å². The van der Waals surface area contributed by atoms with Crippen molar-refractivity contribution >= 4 is 40.8 Å². The third-order valence-corrected chi connectivity index (χ3v) is 4.34. The zero-order chi connectivity index (χ0) is 18.4. The van der Waals surface area contributed by atoms with Crippen molar-refractivity contribution in [3.8, 4) is 0 Å². The highest BCUT2D eigenvalue weighted by molar-refractivity contribution is 7.12. The number of carbonyl (C=O) groups is 3. The van der Waals surface area contributed by atoms with Gasteiger partial charge in [0.2, 0.25) is 0 Å². The van der Waals surface area contributed by atoms with Crippen LogP contribution in [0.15, 0.2) is 42.5 Å². The Labute approximate surface area is 150 Å².